The van der Waals surface area contributed by atoms with Crippen LogP contribution in [0.25, 0.3) is 0 Å². The number of hydrogen-bond acceptors (Lipinski definition) is 0. The molecule has 0 saturated carbocycles. The molecule has 2 aliphatic carbocycles. The highest BCUT2D eigenvalue weighted by molar-refractivity contribution is 5.57. The van der Waals surface area contributed by atoms with Gasteiger partial charge in [0.1, 0.15) is 0 Å². The minimum Gasteiger partial charge on any atom is -0.0555 e. The monoisotopic (exact) mass is 92.1 g/mol. The van der Waals surface area contributed by atoms with E-state index in [1.54, 1.807) is 11.1 Å². The van der Waals surface area contributed by atoms with E-state index in [9.17, 15) is 0 Å². The summed E-state index contributed by atoms with van der Waals surface area (Å²) in [5.41, 5.74) is 4.80. The Morgan fingerprint density at radius 2 is 2.29 bits per heavy atom. The molecule has 0 fully saturated rings. The summed E-state index contributed by atoms with van der Waals surface area (Å²) >= 11 is 0. The SMILES string of the molecule is CC1=CC2=C1CC2. The Labute approximate surface area is 43.5 Å². The van der Waals surface area contributed by atoms with E-state index in [0.717, 1.165) is 0 Å². The summed E-state index contributed by atoms with van der Waals surface area (Å²) in [7, 11) is 0. The summed E-state index contributed by atoms with van der Waals surface area (Å²) in [5.74, 6) is 0. The predicted octanol–water partition coefficient (Wildman–Crippen LogP) is 2.04. The van der Waals surface area contributed by atoms with Gasteiger partial charge in [0.15, 0.2) is 0 Å². The lowest BCUT2D eigenvalue weighted by molar-refractivity contribution is 0.798. The van der Waals surface area contributed by atoms with E-state index in [1.165, 1.54) is 18.4 Å². The lowest BCUT2D eigenvalue weighted by Gasteiger charge is -2.30. The molecule has 0 aromatic heterocycles. The molecule has 0 bridgehead atoms. The molecule has 2 aliphatic rings. The van der Waals surface area contributed by atoms with Crippen molar-refractivity contribution in [1.82, 2.24) is 0 Å². The molecular formula is C7H8. The third-order valence-electron chi connectivity index (χ3n) is 1.90. The van der Waals surface area contributed by atoms with E-state index in [0.29, 0.717) is 0 Å². The van der Waals surface area contributed by atoms with Gasteiger partial charge < -0.3 is 0 Å². The lowest BCUT2D eigenvalue weighted by Crippen LogP contribution is -2.11. The second-order valence-electron chi connectivity index (χ2n) is 2.33. The largest absolute Gasteiger partial charge is 0.0555 e. The quantitative estimate of drug-likeness (QED) is 0.429. The van der Waals surface area contributed by atoms with Crippen LogP contribution in [0.5, 0.6) is 0 Å². The standard InChI is InChI=1S/C7H8/c1-5-4-6-2-3-7(5)6/h4H,2-3H2,1H3. The van der Waals surface area contributed by atoms with Crippen LogP contribution in [0.3, 0.4) is 0 Å². The molecule has 0 N–H and O–H groups in total. The topological polar surface area (TPSA) is 0 Å². The molecule has 0 spiro atoms. The summed E-state index contributed by atoms with van der Waals surface area (Å²) in [6, 6.07) is 0. The molecule has 0 saturated heterocycles. The van der Waals surface area contributed by atoms with Gasteiger partial charge in [0.2, 0.25) is 0 Å². The zero-order valence-electron chi connectivity index (χ0n) is 4.49. The second kappa shape index (κ2) is 0.835. The summed E-state index contributed by atoms with van der Waals surface area (Å²) in [6.45, 7) is 2.19. The van der Waals surface area contributed by atoms with Crippen molar-refractivity contribution in [3.63, 3.8) is 0 Å². The third-order valence-corrected chi connectivity index (χ3v) is 1.90. The van der Waals surface area contributed by atoms with Crippen LogP contribution in [0.2, 0.25) is 0 Å². The van der Waals surface area contributed by atoms with Gasteiger partial charge in [-0.3, -0.25) is 0 Å². The molecule has 0 aliphatic heterocycles. The molecule has 0 radical (unpaired) electrons. The minimum absolute atomic E-state index is 1.35. The first-order valence-electron chi connectivity index (χ1n) is 2.78. The molecule has 0 heteroatoms. The van der Waals surface area contributed by atoms with Crippen LogP contribution in [-0.4, -0.2) is 0 Å². The fourth-order valence-corrected chi connectivity index (χ4v) is 1.27. The highest BCUT2D eigenvalue weighted by Crippen LogP contribution is 2.42. The van der Waals surface area contributed by atoms with E-state index in [1.807, 2.05) is 0 Å². The lowest BCUT2D eigenvalue weighted by atomic mass is 9.75. The van der Waals surface area contributed by atoms with E-state index >= 15 is 0 Å². The fraction of sp³-hybridized carbons (Fsp3) is 0.429. The number of hydrogen-bond donors (Lipinski definition) is 0. The van der Waals surface area contributed by atoms with Crippen molar-refractivity contribution in [1.29, 1.82) is 0 Å². The number of rotatable bonds is 0. The molecule has 0 aromatic carbocycles. The Morgan fingerprint density at radius 3 is 2.29 bits per heavy atom. The predicted molar refractivity (Wildman–Crippen MR) is 30.0 cm³/mol. The molecule has 0 nitrogen and oxygen atoms in total. The minimum atomic E-state index is 1.35. The molecule has 0 heterocycles. The Balaban J connectivity index is 2.36. The zero-order valence-corrected chi connectivity index (χ0v) is 4.49. The highest BCUT2D eigenvalue weighted by atomic mass is 14.3. The maximum Gasteiger partial charge on any atom is -0.0233 e. The zero-order chi connectivity index (χ0) is 4.85. The van der Waals surface area contributed by atoms with Crippen molar-refractivity contribution < 1.29 is 0 Å². The van der Waals surface area contributed by atoms with Gasteiger partial charge in [0, 0.05) is 0 Å². The van der Waals surface area contributed by atoms with Crippen molar-refractivity contribution in [3.8, 4) is 0 Å². The van der Waals surface area contributed by atoms with Crippen molar-refractivity contribution in [2.75, 3.05) is 0 Å². The van der Waals surface area contributed by atoms with Crippen LogP contribution < -0.4 is 0 Å². The van der Waals surface area contributed by atoms with Gasteiger partial charge in [-0.25, -0.2) is 0 Å². The van der Waals surface area contributed by atoms with E-state index < -0.39 is 0 Å². The van der Waals surface area contributed by atoms with Crippen LogP contribution in [0, 0.1) is 0 Å². The van der Waals surface area contributed by atoms with Gasteiger partial charge in [-0.1, -0.05) is 6.08 Å². The summed E-state index contributed by atoms with van der Waals surface area (Å²) in [4.78, 5) is 0. The molecule has 0 unspecified atom stereocenters. The second-order valence-corrected chi connectivity index (χ2v) is 2.33. The van der Waals surface area contributed by atoms with Gasteiger partial charge in [-0.05, 0) is 36.5 Å². The first-order valence-corrected chi connectivity index (χ1v) is 2.78. The fourth-order valence-electron chi connectivity index (χ4n) is 1.27. The first-order chi connectivity index (χ1) is 3.38. The van der Waals surface area contributed by atoms with Crippen molar-refractivity contribution in [2.45, 2.75) is 19.8 Å². The average Bonchev–Trinajstić information content (AvgIpc) is 1.59. The van der Waals surface area contributed by atoms with Crippen LogP contribution in [0.15, 0.2) is 22.8 Å². The molecular weight excluding hydrogens is 84.1 g/mol. The van der Waals surface area contributed by atoms with Gasteiger partial charge in [-0.2, -0.15) is 0 Å². The molecule has 0 aromatic rings. The molecule has 0 amide bonds. The maximum absolute atomic E-state index is 2.29. The molecule has 7 heavy (non-hydrogen) atoms. The number of allylic oxidation sites excluding steroid dienone is 4. The normalized spacial score (nSPS) is 25.0. The van der Waals surface area contributed by atoms with E-state index in [2.05, 4.69) is 13.0 Å². The van der Waals surface area contributed by atoms with Crippen molar-refractivity contribution >= 4 is 0 Å². The van der Waals surface area contributed by atoms with Gasteiger partial charge in [0.05, 0.1) is 0 Å². The first kappa shape index (κ1) is 3.48. The van der Waals surface area contributed by atoms with Crippen molar-refractivity contribution in [2.24, 2.45) is 0 Å². The van der Waals surface area contributed by atoms with E-state index in [-0.39, 0.29) is 0 Å². The summed E-state index contributed by atoms with van der Waals surface area (Å²) in [6.07, 6.45) is 5.00. The Hall–Kier alpha value is -0.520. The van der Waals surface area contributed by atoms with Crippen LogP contribution in [-0.2, 0) is 0 Å². The highest BCUT2D eigenvalue weighted by Gasteiger charge is 2.23. The summed E-state index contributed by atoms with van der Waals surface area (Å²) < 4.78 is 0. The Kier molecular flexibility index (Phi) is 0.415. The summed E-state index contributed by atoms with van der Waals surface area (Å²) in [5, 5.41) is 0. The van der Waals surface area contributed by atoms with Crippen LogP contribution in [0.1, 0.15) is 19.8 Å². The van der Waals surface area contributed by atoms with Gasteiger partial charge >= 0.3 is 0 Å². The van der Waals surface area contributed by atoms with Gasteiger partial charge in [-0.15, -0.1) is 0 Å². The van der Waals surface area contributed by atoms with Gasteiger partial charge in [0.25, 0.3) is 0 Å². The van der Waals surface area contributed by atoms with E-state index in [4.69, 9.17) is 0 Å². The molecule has 0 atom stereocenters. The Bertz CT molecular complexity index is 170. The Morgan fingerprint density at radius 1 is 1.43 bits per heavy atom. The van der Waals surface area contributed by atoms with Crippen LogP contribution in [0.4, 0.5) is 0 Å². The molecule has 2 rings (SSSR count). The smallest absolute Gasteiger partial charge is 0.0233 e. The maximum atomic E-state index is 2.29. The third kappa shape index (κ3) is 0.244. The average molecular weight is 92.1 g/mol. The van der Waals surface area contributed by atoms with Crippen molar-refractivity contribution in [3.05, 3.63) is 22.8 Å². The van der Waals surface area contributed by atoms with Crippen LogP contribution >= 0.6 is 0 Å². The molecule has 36 valence electrons.